The van der Waals surface area contributed by atoms with Crippen LogP contribution in [0.2, 0.25) is 0 Å². The third kappa shape index (κ3) is 2.85. The number of fused-ring (bicyclic) bond motifs is 1. The number of alkyl halides is 5. The van der Waals surface area contributed by atoms with Crippen molar-refractivity contribution in [1.29, 1.82) is 0 Å². The summed E-state index contributed by atoms with van der Waals surface area (Å²) in [6.07, 6.45) is -7.28. The molecule has 7 heteroatoms. The molecule has 0 fully saturated rings. The minimum atomic E-state index is -4.79. The molecule has 0 bridgehead atoms. The van der Waals surface area contributed by atoms with Crippen LogP contribution in [0.1, 0.15) is 34.9 Å². The first kappa shape index (κ1) is 16.0. The second-order valence-electron chi connectivity index (χ2n) is 5.68. The van der Waals surface area contributed by atoms with E-state index in [1.54, 1.807) is 30.3 Å². The van der Waals surface area contributed by atoms with Crippen LogP contribution in [0.25, 0.3) is 0 Å². The lowest BCUT2D eigenvalue weighted by atomic mass is 9.89. The molecule has 1 aromatic carbocycles. The smallest absolute Gasteiger partial charge is 0.382 e. The van der Waals surface area contributed by atoms with Gasteiger partial charge in [-0.2, -0.15) is 13.2 Å². The van der Waals surface area contributed by atoms with E-state index in [2.05, 4.69) is 0 Å². The average Bonchev–Trinajstić information content (AvgIpc) is 2.83. The predicted molar refractivity (Wildman–Crippen MR) is 73.2 cm³/mol. The molecule has 1 atom stereocenters. The van der Waals surface area contributed by atoms with E-state index >= 15 is 0 Å². The zero-order valence-corrected chi connectivity index (χ0v) is 11.9. The molecule has 23 heavy (non-hydrogen) atoms. The van der Waals surface area contributed by atoms with Gasteiger partial charge in [0.05, 0.1) is 5.56 Å². The zero-order chi connectivity index (χ0) is 16.8. The summed E-state index contributed by atoms with van der Waals surface area (Å²) in [5.41, 5.74) is -0.995. The van der Waals surface area contributed by atoms with E-state index in [9.17, 15) is 27.1 Å². The Morgan fingerprint density at radius 3 is 2.43 bits per heavy atom. The van der Waals surface area contributed by atoms with Gasteiger partial charge in [-0.05, 0) is 12.0 Å². The van der Waals surface area contributed by atoms with Crippen molar-refractivity contribution in [2.45, 2.75) is 37.6 Å². The Balaban J connectivity index is 2.10. The van der Waals surface area contributed by atoms with Crippen molar-refractivity contribution in [2.75, 3.05) is 0 Å². The fraction of sp³-hybridized carbons (Fsp3) is 0.375. The highest BCUT2D eigenvalue weighted by Crippen LogP contribution is 2.47. The maximum absolute atomic E-state index is 13.7. The van der Waals surface area contributed by atoms with Crippen LogP contribution >= 0.6 is 0 Å². The summed E-state index contributed by atoms with van der Waals surface area (Å²) in [5, 5.41) is 9.75. The monoisotopic (exact) mass is 331 g/mol. The molecule has 0 amide bonds. The highest BCUT2D eigenvalue weighted by Gasteiger charge is 2.50. The van der Waals surface area contributed by atoms with Crippen LogP contribution in [0.15, 0.2) is 36.5 Å². The minimum Gasteiger partial charge on any atom is -0.382 e. The Hall–Kier alpha value is -1.89. The third-order valence-electron chi connectivity index (χ3n) is 4.10. The van der Waals surface area contributed by atoms with Crippen molar-refractivity contribution in [2.24, 2.45) is 0 Å². The number of aliphatic hydroxyl groups is 1. The lowest BCUT2D eigenvalue weighted by Gasteiger charge is -2.29. The summed E-state index contributed by atoms with van der Waals surface area (Å²) < 4.78 is 68.2. The highest BCUT2D eigenvalue weighted by molar-refractivity contribution is 5.40. The summed E-state index contributed by atoms with van der Waals surface area (Å²) in [5.74, 6) is -3.55. The molecule has 0 spiro atoms. The zero-order valence-electron chi connectivity index (χ0n) is 11.9. The third-order valence-corrected chi connectivity index (χ3v) is 4.10. The molecule has 2 aromatic rings. The van der Waals surface area contributed by atoms with Crippen molar-refractivity contribution in [3.05, 3.63) is 58.9 Å². The van der Waals surface area contributed by atoms with E-state index in [4.69, 9.17) is 0 Å². The van der Waals surface area contributed by atoms with Crippen LogP contribution in [-0.4, -0.2) is 15.6 Å². The number of hydrogen-bond acceptors (Lipinski definition) is 1. The normalized spacial score (nSPS) is 20.3. The Morgan fingerprint density at radius 1 is 1.17 bits per heavy atom. The minimum absolute atomic E-state index is 0.125. The van der Waals surface area contributed by atoms with Crippen LogP contribution in [0, 0.1) is 0 Å². The van der Waals surface area contributed by atoms with Crippen LogP contribution in [0.4, 0.5) is 22.0 Å². The molecule has 1 aliphatic carbocycles. The lowest BCUT2D eigenvalue weighted by Crippen LogP contribution is -2.33. The number of aliphatic hydroxyl groups excluding tert-OH is 1. The maximum Gasteiger partial charge on any atom is 0.418 e. The van der Waals surface area contributed by atoms with E-state index in [-0.39, 0.29) is 18.7 Å². The Morgan fingerprint density at radius 2 is 1.83 bits per heavy atom. The Labute approximate surface area is 129 Å². The predicted octanol–water partition coefficient (Wildman–Crippen LogP) is 4.17. The topological polar surface area (TPSA) is 25.2 Å². The average molecular weight is 331 g/mol. The first-order valence-electron chi connectivity index (χ1n) is 7.09. The largest absolute Gasteiger partial charge is 0.418 e. The van der Waals surface area contributed by atoms with Gasteiger partial charge in [-0.1, -0.05) is 30.3 Å². The van der Waals surface area contributed by atoms with Gasteiger partial charge in [-0.15, -0.1) is 0 Å². The van der Waals surface area contributed by atoms with Gasteiger partial charge in [-0.25, -0.2) is 8.78 Å². The van der Waals surface area contributed by atoms with Gasteiger partial charge in [0.2, 0.25) is 0 Å². The van der Waals surface area contributed by atoms with Crippen molar-refractivity contribution in [3.63, 3.8) is 0 Å². The van der Waals surface area contributed by atoms with E-state index in [1.165, 1.54) is 4.57 Å². The van der Waals surface area contributed by atoms with Crippen LogP contribution in [-0.2, 0) is 19.1 Å². The molecule has 1 aromatic heterocycles. The van der Waals surface area contributed by atoms with Gasteiger partial charge >= 0.3 is 6.18 Å². The lowest BCUT2D eigenvalue weighted by molar-refractivity contribution is -0.147. The summed E-state index contributed by atoms with van der Waals surface area (Å²) >= 11 is 0. The number of benzene rings is 1. The van der Waals surface area contributed by atoms with Gasteiger partial charge in [0.25, 0.3) is 5.92 Å². The van der Waals surface area contributed by atoms with Gasteiger partial charge < -0.3 is 9.67 Å². The Kier molecular flexibility index (Phi) is 3.71. The second kappa shape index (κ2) is 5.33. The standard InChI is InChI=1S/C16H14F5NO/c17-15(18)7-6-12-13(14(15)23)11(16(19,20)21)9-22(12)8-10-4-2-1-3-5-10/h1-5,9,14,23H,6-8H2. The maximum atomic E-state index is 13.7. The summed E-state index contributed by atoms with van der Waals surface area (Å²) in [4.78, 5) is 0. The first-order valence-corrected chi connectivity index (χ1v) is 7.09. The van der Waals surface area contributed by atoms with Gasteiger partial charge in [0.15, 0.2) is 0 Å². The number of hydrogen-bond donors (Lipinski definition) is 1. The van der Waals surface area contributed by atoms with E-state index in [0.29, 0.717) is 0 Å². The number of aromatic nitrogens is 1. The molecule has 3 rings (SSSR count). The fourth-order valence-corrected chi connectivity index (χ4v) is 2.98. The molecule has 2 nitrogen and oxygen atoms in total. The molecule has 124 valence electrons. The van der Waals surface area contributed by atoms with Crippen molar-refractivity contribution in [1.82, 2.24) is 4.57 Å². The molecular weight excluding hydrogens is 317 g/mol. The quantitative estimate of drug-likeness (QED) is 0.821. The summed E-state index contributed by atoms with van der Waals surface area (Å²) in [7, 11) is 0. The van der Waals surface area contributed by atoms with E-state index in [1.807, 2.05) is 0 Å². The molecule has 0 saturated carbocycles. The van der Waals surface area contributed by atoms with Crippen LogP contribution in [0.3, 0.4) is 0 Å². The molecular formula is C16H14F5NO. The number of rotatable bonds is 2. The summed E-state index contributed by atoms with van der Waals surface area (Å²) in [6.45, 7) is 0.136. The SMILES string of the molecule is OC1c2c(C(F)(F)F)cn(Cc3ccccc3)c2CCC1(F)F. The fourth-order valence-electron chi connectivity index (χ4n) is 2.98. The number of halogens is 5. The molecule has 1 heterocycles. The molecule has 1 unspecified atom stereocenters. The molecule has 0 saturated heterocycles. The number of nitrogens with zero attached hydrogens (tertiary/aromatic N) is 1. The molecule has 1 aliphatic rings. The van der Waals surface area contributed by atoms with Gasteiger partial charge in [0.1, 0.15) is 6.10 Å². The van der Waals surface area contributed by atoms with E-state index in [0.717, 1.165) is 11.8 Å². The second-order valence-corrected chi connectivity index (χ2v) is 5.68. The highest BCUT2D eigenvalue weighted by atomic mass is 19.4. The Bertz CT molecular complexity index is 705. The van der Waals surface area contributed by atoms with Crippen LogP contribution in [0.5, 0.6) is 0 Å². The summed E-state index contributed by atoms with van der Waals surface area (Å²) in [6, 6.07) is 8.76. The van der Waals surface area contributed by atoms with Gasteiger partial charge in [-0.3, -0.25) is 0 Å². The van der Waals surface area contributed by atoms with Crippen molar-refractivity contribution < 1.29 is 27.1 Å². The van der Waals surface area contributed by atoms with Crippen molar-refractivity contribution >= 4 is 0 Å². The van der Waals surface area contributed by atoms with Gasteiger partial charge in [0, 0.05) is 30.4 Å². The van der Waals surface area contributed by atoms with Crippen LogP contribution < -0.4 is 0 Å². The molecule has 0 aliphatic heterocycles. The molecule has 0 radical (unpaired) electrons. The first-order chi connectivity index (χ1) is 10.7. The van der Waals surface area contributed by atoms with E-state index < -0.39 is 35.8 Å². The molecule has 1 N–H and O–H groups in total. The van der Waals surface area contributed by atoms with Crippen molar-refractivity contribution in [3.8, 4) is 0 Å².